The first-order valence-electron chi connectivity index (χ1n) is 8.91. The number of aryl methyl sites for hydroxylation is 2. The van der Waals surface area contributed by atoms with Crippen LogP contribution in [-0.2, 0) is 13.6 Å². The highest BCUT2D eigenvalue weighted by Crippen LogP contribution is 2.31. The summed E-state index contributed by atoms with van der Waals surface area (Å²) in [4.78, 5) is 28.6. The van der Waals surface area contributed by atoms with Crippen LogP contribution in [0.5, 0.6) is 0 Å². The number of nitrogens with zero attached hydrogens (tertiary/aromatic N) is 3. The smallest absolute Gasteiger partial charge is 0.354 e. The number of nitrogens with one attached hydrogen (secondary N) is 1. The van der Waals surface area contributed by atoms with Crippen LogP contribution in [-0.4, -0.2) is 25.2 Å². The van der Waals surface area contributed by atoms with E-state index in [2.05, 4.69) is 26.2 Å². The molecular formula is C20H20BrClN4O3. The molecule has 0 aliphatic rings. The average Bonchev–Trinajstić information content (AvgIpc) is 3.01. The molecule has 0 radical (unpaired) electrons. The molecule has 3 rings (SSSR count). The molecular weight excluding hydrogens is 460 g/mol. The number of hydrogen-bond donors (Lipinski definition) is 2. The number of aromatic nitrogens is 3. The fourth-order valence-electron chi connectivity index (χ4n) is 3.25. The molecule has 0 amide bonds. The standard InChI is InChI=1S/C20H20BrClN4O3/c1-4-26-17(19(28)29)16(24-20(26)21)15(12-5-7-13(22)8-6-12)23-14-9-11(2)18(27)25(3)10-14/h5-10,15,23H,4H2,1-3H3,(H,28,29). The number of hydrogen-bond acceptors (Lipinski definition) is 4. The van der Waals surface area contributed by atoms with Crippen molar-refractivity contribution in [3.63, 3.8) is 0 Å². The van der Waals surface area contributed by atoms with Gasteiger partial charge in [-0.1, -0.05) is 23.7 Å². The highest BCUT2D eigenvalue weighted by molar-refractivity contribution is 9.10. The molecule has 2 heterocycles. The SMILES string of the molecule is CCn1c(Br)nc(C(Nc2cc(C)c(=O)n(C)c2)c2ccc(Cl)cc2)c1C(=O)O. The van der Waals surface area contributed by atoms with Crippen LogP contribution in [0.1, 0.15) is 40.3 Å². The molecule has 9 heteroatoms. The number of imidazole rings is 1. The zero-order chi connectivity index (χ0) is 21.3. The van der Waals surface area contributed by atoms with Crippen molar-refractivity contribution in [1.29, 1.82) is 0 Å². The number of carboxylic acid groups (broad SMARTS) is 1. The second kappa shape index (κ2) is 8.42. The number of aromatic carboxylic acids is 1. The fourth-order valence-corrected chi connectivity index (χ4v) is 3.99. The maximum absolute atomic E-state index is 12.0. The Morgan fingerprint density at radius 2 is 2.00 bits per heavy atom. The number of carbonyl (C=O) groups is 1. The summed E-state index contributed by atoms with van der Waals surface area (Å²) in [5.41, 5.74) is 2.39. The first kappa shape index (κ1) is 21.1. The van der Waals surface area contributed by atoms with Gasteiger partial charge in [0.15, 0.2) is 10.4 Å². The first-order chi connectivity index (χ1) is 13.7. The summed E-state index contributed by atoms with van der Waals surface area (Å²) in [5, 5.41) is 13.8. The fraction of sp³-hybridized carbons (Fsp3) is 0.250. The summed E-state index contributed by atoms with van der Waals surface area (Å²) >= 11 is 9.40. The molecule has 29 heavy (non-hydrogen) atoms. The Labute approximate surface area is 181 Å². The van der Waals surface area contributed by atoms with E-state index in [0.29, 0.717) is 33.2 Å². The number of halogens is 2. The number of rotatable bonds is 6. The van der Waals surface area contributed by atoms with Crippen molar-refractivity contribution in [2.75, 3.05) is 5.32 Å². The quantitative estimate of drug-likeness (QED) is 0.552. The average molecular weight is 480 g/mol. The molecule has 1 aromatic carbocycles. The molecule has 0 fully saturated rings. The van der Waals surface area contributed by atoms with Gasteiger partial charge in [0.25, 0.3) is 5.56 Å². The summed E-state index contributed by atoms with van der Waals surface area (Å²) in [5.74, 6) is -1.07. The van der Waals surface area contributed by atoms with Crippen LogP contribution in [0.15, 0.2) is 46.1 Å². The normalized spacial score (nSPS) is 12.0. The first-order valence-corrected chi connectivity index (χ1v) is 10.1. The molecule has 0 bridgehead atoms. The van der Waals surface area contributed by atoms with Crippen LogP contribution in [0.2, 0.25) is 5.02 Å². The number of carboxylic acids is 1. The van der Waals surface area contributed by atoms with Crippen molar-refractivity contribution in [2.45, 2.75) is 26.4 Å². The van der Waals surface area contributed by atoms with Gasteiger partial charge in [-0.2, -0.15) is 0 Å². The molecule has 0 aliphatic carbocycles. The van der Waals surface area contributed by atoms with Gasteiger partial charge in [0, 0.05) is 30.4 Å². The van der Waals surface area contributed by atoms with E-state index in [9.17, 15) is 14.7 Å². The largest absolute Gasteiger partial charge is 0.477 e. The van der Waals surface area contributed by atoms with E-state index in [1.54, 1.807) is 42.9 Å². The van der Waals surface area contributed by atoms with E-state index in [0.717, 1.165) is 5.56 Å². The van der Waals surface area contributed by atoms with Crippen LogP contribution in [0.25, 0.3) is 0 Å². The van der Waals surface area contributed by atoms with Gasteiger partial charge in [-0.25, -0.2) is 9.78 Å². The molecule has 0 saturated heterocycles. The van der Waals surface area contributed by atoms with E-state index < -0.39 is 12.0 Å². The zero-order valence-corrected chi connectivity index (χ0v) is 18.5. The summed E-state index contributed by atoms with van der Waals surface area (Å²) in [6, 6.07) is 8.28. The topological polar surface area (TPSA) is 89.2 Å². The third-order valence-electron chi connectivity index (χ3n) is 4.62. The predicted molar refractivity (Wildman–Crippen MR) is 116 cm³/mol. The van der Waals surface area contributed by atoms with E-state index >= 15 is 0 Å². The van der Waals surface area contributed by atoms with E-state index in [1.165, 1.54) is 4.57 Å². The van der Waals surface area contributed by atoms with Gasteiger partial charge in [0.05, 0.1) is 11.7 Å². The Morgan fingerprint density at radius 3 is 2.55 bits per heavy atom. The third kappa shape index (κ3) is 4.23. The molecule has 1 unspecified atom stereocenters. The van der Waals surface area contributed by atoms with Gasteiger partial charge in [0.2, 0.25) is 0 Å². The minimum Gasteiger partial charge on any atom is -0.477 e. The van der Waals surface area contributed by atoms with Crippen molar-refractivity contribution < 1.29 is 9.90 Å². The molecule has 1 atom stereocenters. The minimum absolute atomic E-state index is 0.0911. The second-order valence-electron chi connectivity index (χ2n) is 6.62. The summed E-state index contributed by atoms with van der Waals surface area (Å²) < 4.78 is 3.51. The Balaban J connectivity index is 2.19. The second-order valence-corrected chi connectivity index (χ2v) is 7.77. The number of benzene rings is 1. The molecule has 3 aromatic rings. The molecule has 0 saturated carbocycles. The lowest BCUT2D eigenvalue weighted by atomic mass is 10.0. The molecule has 0 aliphatic heterocycles. The highest BCUT2D eigenvalue weighted by Gasteiger charge is 2.28. The van der Waals surface area contributed by atoms with Gasteiger partial charge in [-0.3, -0.25) is 4.79 Å². The Bertz CT molecular complexity index is 1100. The van der Waals surface area contributed by atoms with Crippen molar-refractivity contribution in [2.24, 2.45) is 7.05 Å². The zero-order valence-electron chi connectivity index (χ0n) is 16.1. The summed E-state index contributed by atoms with van der Waals surface area (Å²) in [6.07, 6.45) is 1.67. The van der Waals surface area contributed by atoms with Gasteiger partial charge < -0.3 is 19.6 Å². The van der Waals surface area contributed by atoms with Crippen molar-refractivity contribution in [1.82, 2.24) is 14.1 Å². The number of anilines is 1. The molecule has 2 N–H and O–H groups in total. The lowest BCUT2D eigenvalue weighted by Gasteiger charge is -2.21. The van der Waals surface area contributed by atoms with Crippen LogP contribution in [0.4, 0.5) is 5.69 Å². The van der Waals surface area contributed by atoms with E-state index in [4.69, 9.17) is 11.6 Å². The van der Waals surface area contributed by atoms with Gasteiger partial charge in [0.1, 0.15) is 5.69 Å². The lowest BCUT2D eigenvalue weighted by Crippen LogP contribution is -2.22. The predicted octanol–water partition coefficient (Wildman–Crippen LogP) is 4.23. The number of pyridine rings is 1. The third-order valence-corrected chi connectivity index (χ3v) is 5.47. The lowest BCUT2D eigenvalue weighted by molar-refractivity contribution is 0.0683. The monoisotopic (exact) mass is 478 g/mol. The van der Waals surface area contributed by atoms with E-state index in [1.807, 2.05) is 19.1 Å². The molecule has 2 aromatic heterocycles. The Morgan fingerprint density at radius 1 is 1.34 bits per heavy atom. The highest BCUT2D eigenvalue weighted by atomic mass is 79.9. The van der Waals surface area contributed by atoms with Crippen LogP contribution < -0.4 is 10.9 Å². The summed E-state index contributed by atoms with van der Waals surface area (Å²) in [6.45, 7) is 4.03. The molecule has 0 spiro atoms. The molecule has 7 nitrogen and oxygen atoms in total. The van der Waals surface area contributed by atoms with Gasteiger partial charge in [-0.15, -0.1) is 0 Å². The Hall–Kier alpha value is -2.58. The van der Waals surface area contributed by atoms with Crippen LogP contribution in [0, 0.1) is 6.92 Å². The van der Waals surface area contributed by atoms with Crippen molar-refractivity contribution >= 4 is 39.2 Å². The maximum atomic E-state index is 12.0. The van der Waals surface area contributed by atoms with E-state index in [-0.39, 0.29) is 11.3 Å². The molecule has 152 valence electrons. The Kier molecular flexibility index (Phi) is 6.14. The summed E-state index contributed by atoms with van der Waals surface area (Å²) in [7, 11) is 1.67. The van der Waals surface area contributed by atoms with Gasteiger partial charge in [-0.05, 0) is 53.5 Å². The van der Waals surface area contributed by atoms with Crippen molar-refractivity contribution in [3.8, 4) is 0 Å². The minimum atomic E-state index is -1.07. The van der Waals surface area contributed by atoms with Crippen LogP contribution >= 0.6 is 27.5 Å². The van der Waals surface area contributed by atoms with Crippen LogP contribution in [0.3, 0.4) is 0 Å². The van der Waals surface area contributed by atoms with Gasteiger partial charge >= 0.3 is 5.97 Å². The maximum Gasteiger partial charge on any atom is 0.354 e. The van der Waals surface area contributed by atoms with Crippen molar-refractivity contribution in [3.05, 3.63) is 79.2 Å².